The molecule has 3 nitrogen and oxygen atoms in total. The van der Waals surface area contributed by atoms with Crippen LogP contribution >= 0.6 is 0 Å². The van der Waals surface area contributed by atoms with Crippen LogP contribution in [-0.2, 0) is 13.1 Å². The molecule has 0 saturated heterocycles. The summed E-state index contributed by atoms with van der Waals surface area (Å²) in [4.78, 5) is 2.24. The summed E-state index contributed by atoms with van der Waals surface area (Å²) in [6.45, 7) is 4.15. The lowest BCUT2D eigenvalue weighted by Crippen LogP contribution is -2.22. The molecule has 0 aliphatic rings. The highest BCUT2D eigenvalue weighted by atomic mass is 16.3. The number of aromatic hydroxyl groups is 2. The molecule has 3 heteroatoms. The molecule has 0 radical (unpaired) electrons. The van der Waals surface area contributed by atoms with Gasteiger partial charge in [0.25, 0.3) is 0 Å². The number of hydrogen-bond acceptors (Lipinski definition) is 3. The number of fused-ring (bicyclic) bond motifs is 2. The lowest BCUT2D eigenvalue weighted by Gasteiger charge is -2.23. The maximum Gasteiger partial charge on any atom is 0.120 e. The summed E-state index contributed by atoms with van der Waals surface area (Å²) in [5, 5.41) is 25.3. The Morgan fingerprint density at radius 2 is 1.07 bits per heavy atom. The predicted octanol–water partition coefficient (Wildman–Crippen LogP) is 5.43. The van der Waals surface area contributed by atoms with Crippen molar-refractivity contribution >= 4 is 21.5 Å². The van der Waals surface area contributed by atoms with E-state index in [2.05, 4.69) is 24.0 Å². The van der Waals surface area contributed by atoms with Crippen molar-refractivity contribution in [3.8, 4) is 11.5 Å². The van der Waals surface area contributed by atoms with Crippen molar-refractivity contribution in [1.29, 1.82) is 0 Å². The van der Waals surface area contributed by atoms with Crippen LogP contribution in [0.2, 0.25) is 0 Å². The molecule has 4 aromatic rings. The first-order valence-corrected chi connectivity index (χ1v) is 9.29. The van der Waals surface area contributed by atoms with Gasteiger partial charge in [0.15, 0.2) is 0 Å². The fraction of sp³-hybridized carbons (Fsp3) is 0.167. The minimum absolute atomic E-state index is 0.314. The molecule has 136 valence electrons. The zero-order valence-electron chi connectivity index (χ0n) is 15.4. The smallest absolute Gasteiger partial charge is 0.120 e. The third kappa shape index (κ3) is 3.34. The molecule has 0 saturated carbocycles. The first-order valence-electron chi connectivity index (χ1n) is 9.29. The second-order valence-electron chi connectivity index (χ2n) is 6.87. The predicted molar refractivity (Wildman–Crippen MR) is 111 cm³/mol. The van der Waals surface area contributed by atoms with E-state index in [1.54, 1.807) is 12.1 Å². The Balaban J connectivity index is 1.71. The largest absolute Gasteiger partial charge is 0.508 e. The molecule has 0 fully saturated rings. The molecular formula is C24H23NO2. The van der Waals surface area contributed by atoms with E-state index in [-0.39, 0.29) is 0 Å². The van der Waals surface area contributed by atoms with Crippen molar-refractivity contribution in [3.05, 3.63) is 83.9 Å². The van der Waals surface area contributed by atoms with E-state index in [4.69, 9.17) is 0 Å². The Labute approximate surface area is 159 Å². The van der Waals surface area contributed by atoms with E-state index < -0.39 is 0 Å². The molecule has 2 N–H and O–H groups in total. The van der Waals surface area contributed by atoms with Crippen LogP contribution in [0.5, 0.6) is 11.5 Å². The van der Waals surface area contributed by atoms with Crippen molar-refractivity contribution in [2.45, 2.75) is 20.0 Å². The molecule has 27 heavy (non-hydrogen) atoms. The molecule has 0 heterocycles. The second kappa shape index (κ2) is 7.29. The van der Waals surface area contributed by atoms with Gasteiger partial charge >= 0.3 is 0 Å². The fourth-order valence-electron chi connectivity index (χ4n) is 3.71. The van der Waals surface area contributed by atoms with Crippen molar-refractivity contribution in [3.63, 3.8) is 0 Å². The first kappa shape index (κ1) is 17.4. The highest BCUT2D eigenvalue weighted by Crippen LogP contribution is 2.31. The van der Waals surface area contributed by atoms with Crippen molar-refractivity contribution in [2.24, 2.45) is 0 Å². The number of phenolic OH excluding ortho intramolecular Hbond substituents is 2. The molecule has 0 aliphatic heterocycles. The standard InChI is InChI=1S/C24H23NO2/c1-2-25(15-21-19-9-5-3-7-17(19)11-13-23(21)26)16-22-20-10-6-4-8-18(20)12-14-24(22)27/h3-14,26-27H,2,15-16H2,1H3. The molecule has 4 aromatic carbocycles. The SMILES string of the molecule is CCN(Cc1c(O)ccc2ccccc12)Cc1c(O)ccc2ccccc12. The summed E-state index contributed by atoms with van der Waals surface area (Å²) in [7, 11) is 0. The van der Waals surface area contributed by atoms with Crippen LogP contribution < -0.4 is 0 Å². The number of benzene rings is 4. The summed E-state index contributed by atoms with van der Waals surface area (Å²) < 4.78 is 0. The summed E-state index contributed by atoms with van der Waals surface area (Å²) >= 11 is 0. The van der Waals surface area contributed by atoms with E-state index in [0.717, 1.165) is 39.2 Å². The lowest BCUT2D eigenvalue weighted by molar-refractivity contribution is 0.265. The van der Waals surface area contributed by atoms with Gasteiger partial charge < -0.3 is 10.2 Å². The number of hydrogen-bond donors (Lipinski definition) is 2. The Kier molecular flexibility index (Phi) is 4.69. The van der Waals surface area contributed by atoms with Crippen LogP contribution in [0.1, 0.15) is 18.1 Å². The van der Waals surface area contributed by atoms with Gasteiger partial charge in [0.2, 0.25) is 0 Å². The zero-order valence-corrected chi connectivity index (χ0v) is 15.4. The monoisotopic (exact) mass is 357 g/mol. The highest BCUT2D eigenvalue weighted by molar-refractivity contribution is 5.88. The average molecular weight is 357 g/mol. The Morgan fingerprint density at radius 1 is 0.630 bits per heavy atom. The van der Waals surface area contributed by atoms with Crippen LogP contribution in [0.3, 0.4) is 0 Å². The third-order valence-electron chi connectivity index (χ3n) is 5.24. The maximum atomic E-state index is 10.5. The normalized spacial score (nSPS) is 11.5. The maximum absolute atomic E-state index is 10.5. The van der Waals surface area contributed by atoms with Gasteiger partial charge in [-0.3, -0.25) is 4.90 Å². The van der Waals surface area contributed by atoms with Gasteiger partial charge in [-0.25, -0.2) is 0 Å². The first-order chi connectivity index (χ1) is 13.2. The Bertz CT molecular complexity index is 1020. The average Bonchev–Trinajstić information content (AvgIpc) is 2.71. The summed E-state index contributed by atoms with van der Waals surface area (Å²) in [6.07, 6.45) is 0. The Morgan fingerprint density at radius 3 is 1.52 bits per heavy atom. The highest BCUT2D eigenvalue weighted by Gasteiger charge is 2.15. The van der Waals surface area contributed by atoms with Gasteiger partial charge in [-0.05, 0) is 40.2 Å². The molecule has 0 aromatic heterocycles. The molecule has 0 amide bonds. The van der Waals surface area contributed by atoms with Crippen LogP contribution in [0, 0.1) is 0 Å². The van der Waals surface area contributed by atoms with Gasteiger partial charge in [0, 0.05) is 24.2 Å². The lowest BCUT2D eigenvalue weighted by atomic mass is 10.0. The summed E-state index contributed by atoms with van der Waals surface area (Å²) in [6, 6.07) is 23.7. The molecule has 0 bridgehead atoms. The quantitative estimate of drug-likeness (QED) is 0.501. The van der Waals surface area contributed by atoms with Gasteiger partial charge in [-0.2, -0.15) is 0 Å². The summed E-state index contributed by atoms with van der Waals surface area (Å²) in [5.74, 6) is 0.628. The number of nitrogens with zero attached hydrogens (tertiary/aromatic N) is 1. The van der Waals surface area contributed by atoms with Crippen LogP contribution in [0.4, 0.5) is 0 Å². The second-order valence-corrected chi connectivity index (χ2v) is 6.87. The minimum Gasteiger partial charge on any atom is -0.508 e. The molecule has 4 rings (SSSR count). The van der Waals surface area contributed by atoms with E-state index in [0.29, 0.717) is 24.6 Å². The minimum atomic E-state index is 0.314. The van der Waals surface area contributed by atoms with Crippen molar-refractivity contribution in [2.75, 3.05) is 6.54 Å². The van der Waals surface area contributed by atoms with Gasteiger partial charge in [0.1, 0.15) is 11.5 Å². The molecule has 0 spiro atoms. The van der Waals surface area contributed by atoms with Crippen molar-refractivity contribution < 1.29 is 10.2 Å². The molecule has 0 atom stereocenters. The molecule has 0 unspecified atom stereocenters. The van der Waals surface area contributed by atoms with Crippen molar-refractivity contribution in [1.82, 2.24) is 4.90 Å². The van der Waals surface area contributed by atoms with Crippen LogP contribution in [0.25, 0.3) is 21.5 Å². The van der Waals surface area contributed by atoms with Gasteiger partial charge in [0.05, 0.1) is 0 Å². The summed E-state index contributed by atoms with van der Waals surface area (Å²) in [5.41, 5.74) is 1.85. The van der Waals surface area contributed by atoms with Gasteiger partial charge in [-0.1, -0.05) is 67.6 Å². The zero-order chi connectivity index (χ0) is 18.8. The molecular weight excluding hydrogens is 334 g/mol. The molecule has 0 aliphatic carbocycles. The number of phenols is 2. The van der Waals surface area contributed by atoms with Crippen LogP contribution in [-0.4, -0.2) is 21.7 Å². The van der Waals surface area contributed by atoms with E-state index in [9.17, 15) is 10.2 Å². The van der Waals surface area contributed by atoms with Gasteiger partial charge in [-0.15, -0.1) is 0 Å². The number of rotatable bonds is 5. The van der Waals surface area contributed by atoms with E-state index in [1.165, 1.54) is 0 Å². The van der Waals surface area contributed by atoms with E-state index >= 15 is 0 Å². The Hall–Kier alpha value is -3.04. The third-order valence-corrected chi connectivity index (χ3v) is 5.24. The topological polar surface area (TPSA) is 43.7 Å². The van der Waals surface area contributed by atoms with E-state index in [1.807, 2.05) is 48.5 Å². The fourth-order valence-corrected chi connectivity index (χ4v) is 3.71. The van der Waals surface area contributed by atoms with Crippen LogP contribution in [0.15, 0.2) is 72.8 Å².